The first-order chi connectivity index (χ1) is 11.1. The van der Waals surface area contributed by atoms with E-state index in [-0.39, 0.29) is 13.2 Å². The van der Waals surface area contributed by atoms with E-state index < -0.39 is 5.97 Å². The van der Waals surface area contributed by atoms with Gasteiger partial charge in [0, 0.05) is 25.1 Å². The lowest BCUT2D eigenvalue weighted by molar-refractivity contribution is 0.0526. The Balaban J connectivity index is 2.70. The number of carbonyl (C=O) groups excluding carboxylic acids is 1. The Hall–Kier alpha value is -2.18. The Morgan fingerprint density at radius 3 is 2.70 bits per heavy atom. The zero-order chi connectivity index (χ0) is 16.8. The van der Waals surface area contributed by atoms with E-state index in [2.05, 4.69) is 9.97 Å². The number of nitrogens with zero attached hydrogens (tertiary/aromatic N) is 2. The Morgan fingerprint density at radius 1 is 1.30 bits per heavy atom. The Labute approximate surface area is 139 Å². The van der Waals surface area contributed by atoms with Crippen LogP contribution in [-0.4, -0.2) is 36.8 Å². The van der Waals surface area contributed by atoms with Crippen LogP contribution in [0.25, 0.3) is 11.1 Å². The average molecular weight is 337 g/mol. The minimum absolute atomic E-state index is 0.248. The van der Waals surface area contributed by atoms with Crippen molar-refractivity contribution in [2.24, 2.45) is 0 Å². The topological polar surface area (TPSA) is 70.5 Å². The van der Waals surface area contributed by atoms with Gasteiger partial charge < -0.3 is 14.2 Å². The molecule has 0 radical (unpaired) electrons. The molecule has 0 aromatic carbocycles. The molecule has 0 aliphatic carbocycles. The molecule has 23 heavy (non-hydrogen) atoms. The number of pyridine rings is 2. The van der Waals surface area contributed by atoms with E-state index in [4.69, 9.17) is 25.8 Å². The molecular formula is C16H17ClN2O4. The maximum Gasteiger partial charge on any atom is 0.340 e. The van der Waals surface area contributed by atoms with Crippen LogP contribution in [0.4, 0.5) is 0 Å². The van der Waals surface area contributed by atoms with Crippen molar-refractivity contribution in [2.45, 2.75) is 13.5 Å². The van der Waals surface area contributed by atoms with Crippen LogP contribution in [0.1, 0.15) is 23.0 Å². The lowest BCUT2D eigenvalue weighted by Gasteiger charge is -2.16. The summed E-state index contributed by atoms with van der Waals surface area (Å²) in [5, 5.41) is 0.310. The Kier molecular flexibility index (Phi) is 5.90. The predicted octanol–water partition coefficient (Wildman–Crippen LogP) is 3.13. The number of methoxy groups -OCH3 is 2. The van der Waals surface area contributed by atoms with Gasteiger partial charge in [0.25, 0.3) is 0 Å². The van der Waals surface area contributed by atoms with E-state index in [0.717, 1.165) is 0 Å². The van der Waals surface area contributed by atoms with Crippen molar-refractivity contribution in [3.63, 3.8) is 0 Å². The fourth-order valence-electron chi connectivity index (χ4n) is 2.20. The first-order valence-electron chi connectivity index (χ1n) is 6.96. The highest BCUT2D eigenvalue weighted by molar-refractivity contribution is 6.29. The van der Waals surface area contributed by atoms with E-state index >= 15 is 0 Å². The van der Waals surface area contributed by atoms with Crippen molar-refractivity contribution in [1.29, 1.82) is 0 Å². The van der Waals surface area contributed by atoms with Gasteiger partial charge in [-0.1, -0.05) is 11.6 Å². The fourth-order valence-corrected chi connectivity index (χ4v) is 2.37. The van der Waals surface area contributed by atoms with Gasteiger partial charge in [-0.3, -0.25) is 4.98 Å². The monoisotopic (exact) mass is 336 g/mol. The summed E-state index contributed by atoms with van der Waals surface area (Å²) >= 11 is 5.98. The van der Waals surface area contributed by atoms with E-state index in [0.29, 0.717) is 33.3 Å². The molecule has 0 fully saturated rings. The second-order valence-electron chi connectivity index (χ2n) is 4.55. The number of carbonyl (C=O) groups is 1. The third kappa shape index (κ3) is 3.78. The van der Waals surface area contributed by atoms with Crippen molar-refractivity contribution in [1.82, 2.24) is 9.97 Å². The summed E-state index contributed by atoms with van der Waals surface area (Å²) < 4.78 is 15.7. The van der Waals surface area contributed by atoms with Crippen molar-refractivity contribution in [3.8, 4) is 16.9 Å². The zero-order valence-corrected chi connectivity index (χ0v) is 13.9. The summed E-state index contributed by atoms with van der Waals surface area (Å²) in [6.07, 6.45) is 3.01. The van der Waals surface area contributed by atoms with Crippen LogP contribution in [-0.2, 0) is 16.1 Å². The first kappa shape index (κ1) is 17.2. The SMILES string of the molecule is CCOC(=O)c1cnc(COC)c(OC)c1-c1ccnc(Cl)c1. The molecule has 2 rings (SSSR count). The molecule has 0 N–H and O–H groups in total. The molecule has 0 saturated carbocycles. The minimum atomic E-state index is -0.481. The number of hydrogen-bond acceptors (Lipinski definition) is 6. The van der Waals surface area contributed by atoms with Crippen LogP contribution in [0.15, 0.2) is 24.5 Å². The fraction of sp³-hybridized carbons (Fsp3) is 0.312. The molecule has 0 amide bonds. The molecule has 7 heteroatoms. The molecule has 2 aromatic heterocycles. The molecule has 0 atom stereocenters. The number of rotatable bonds is 6. The van der Waals surface area contributed by atoms with E-state index in [1.165, 1.54) is 13.3 Å². The molecule has 0 unspecified atom stereocenters. The van der Waals surface area contributed by atoms with Gasteiger partial charge in [-0.05, 0) is 24.6 Å². The lowest BCUT2D eigenvalue weighted by atomic mass is 10.00. The third-order valence-corrected chi connectivity index (χ3v) is 3.31. The highest BCUT2D eigenvalue weighted by Crippen LogP contribution is 2.36. The maximum absolute atomic E-state index is 12.3. The maximum atomic E-state index is 12.3. The lowest BCUT2D eigenvalue weighted by Crippen LogP contribution is -2.10. The molecule has 0 saturated heterocycles. The summed E-state index contributed by atoms with van der Waals surface area (Å²) in [6.45, 7) is 2.25. The molecule has 0 bridgehead atoms. The van der Waals surface area contributed by atoms with Crippen molar-refractivity contribution in [3.05, 3.63) is 40.9 Å². The summed E-state index contributed by atoms with van der Waals surface area (Å²) in [5.41, 5.74) is 2.11. The van der Waals surface area contributed by atoms with Gasteiger partial charge in [0.2, 0.25) is 0 Å². The molecular weight excluding hydrogens is 320 g/mol. The van der Waals surface area contributed by atoms with E-state index in [1.54, 1.807) is 32.4 Å². The van der Waals surface area contributed by atoms with Gasteiger partial charge in [0.1, 0.15) is 10.8 Å². The molecule has 2 aromatic rings. The normalized spacial score (nSPS) is 10.4. The highest BCUT2D eigenvalue weighted by atomic mass is 35.5. The Bertz CT molecular complexity index is 706. The standard InChI is InChI=1S/C16H17ClN2O4/c1-4-23-16(20)11-8-19-12(9-21-2)15(22-3)14(11)10-5-6-18-13(17)7-10/h5-8H,4,9H2,1-3H3. The van der Waals surface area contributed by atoms with Gasteiger partial charge in [-0.25, -0.2) is 9.78 Å². The molecule has 6 nitrogen and oxygen atoms in total. The summed E-state index contributed by atoms with van der Waals surface area (Å²) in [7, 11) is 3.07. The van der Waals surface area contributed by atoms with Gasteiger partial charge in [-0.15, -0.1) is 0 Å². The summed E-state index contributed by atoms with van der Waals surface area (Å²) in [4.78, 5) is 20.5. The van der Waals surface area contributed by atoms with Gasteiger partial charge >= 0.3 is 5.97 Å². The number of esters is 1. The van der Waals surface area contributed by atoms with Crippen LogP contribution in [0.2, 0.25) is 5.15 Å². The van der Waals surface area contributed by atoms with Gasteiger partial charge in [-0.2, -0.15) is 0 Å². The van der Waals surface area contributed by atoms with Crippen molar-refractivity contribution >= 4 is 17.6 Å². The van der Waals surface area contributed by atoms with Crippen LogP contribution in [0, 0.1) is 0 Å². The number of ether oxygens (including phenoxy) is 3. The van der Waals surface area contributed by atoms with Crippen molar-refractivity contribution < 1.29 is 19.0 Å². The Morgan fingerprint density at radius 2 is 2.09 bits per heavy atom. The highest BCUT2D eigenvalue weighted by Gasteiger charge is 2.22. The van der Waals surface area contributed by atoms with Gasteiger partial charge in [0.15, 0.2) is 5.75 Å². The quantitative estimate of drug-likeness (QED) is 0.596. The minimum Gasteiger partial charge on any atom is -0.494 e. The molecule has 122 valence electrons. The molecule has 0 aliphatic heterocycles. The average Bonchev–Trinajstić information content (AvgIpc) is 2.54. The largest absolute Gasteiger partial charge is 0.494 e. The second-order valence-corrected chi connectivity index (χ2v) is 4.93. The van der Waals surface area contributed by atoms with E-state index in [1.807, 2.05) is 0 Å². The second kappa shape index (κ2) is 7.89. The molecule has 0 spiro atoms. The van der Waals surface area contributed by atoms with Crippen molar-refractivity contribution in [2.75, 3.05) is 20.8 Å². The molecule has 0 aliphatic rings. The summed E-state index contributed by atoms with van der Waals surface area (Å²) in [5.74, 6) is -0.0372. The smallest absolute Gasteiger partial charge is 0.340 e. The summed E-state index contributed by atoms with van der Waals surface area (Å²) in [6, 6.07) is 3.39. The van der Waals surface area contributed by atoms with Crippen LogP contribution < -0.4 is 4.74 Å². The van der Waals surface area contributed by atoms with Crippen LogP contribution in [0.5, 0.6) is 5.75 Å². The third-order valence-electron chi connectivity index (χ3n) is 3.10. The first-order valence-corrected chi connectivity index (χ1v) is 7.34. The van der Waals surface area contributed by atoms with Crippen LogP contribution >= 0.6 is 11.6 Å². The number of halogens is 1. The van der Waals surface area contributed by atoms with E-state index in [9.17, 15) is 4.79 Å². The number of aromatic nitrogens is 2. The molecule has 2 heterocycles. The van der Waals surface area contributed by atoms with Gasteiger partial charge in [0.05, 0.1) is 25.9 Å². The van der Waals surface area contributed by atoms with Crippen LogP contribution in [0.3, 0.4) is 0 Å². The number of hydrogen-bond donors (Lipinski definition) is 0. The zero-order valence-electron chi connectivity index (χ0n) is 13.1. The predicted molar refractivity (Wildman–Crippen MR) is 85.7 cm³/mol.